The second-order valence-electron chi connectivity index (χ2n) is 11.9. The monoisotopic (exact) mass is 738 g/mol. The van der Waals surface area contributed by atoms with Crippen LogP contribution in [0.1, 0.15) is 48.8 Å². The van der Waals surface area contributed by atoms with Crippen molar-refractivity contribution in [1.29, 1.82) is 0 Å². The van der Waals surface area contributed by atoms with Crippen molar-refractivity contribution in [2.24, 2.45) is 0 Å². The van der Waals surface area contributed by atoms with Crippen molar-refractivity contribution in [1.82, 2.24) is 9.97 Å². The Morgan fingerprint density at radius 1 is 0.628 bits per heavy atom. The number of phenols is 1. The van der Waals surface area contributed by atoms with E-state index in [1.165, 1.54) is 22.3 Å². The van der Waals surface area contributed by atoms with Crippen LogP contribution in [0.15, 0.2) is 128 Å². The van der Waals surface area contributed by atoms with Crippen LogP contribution < -0.4 is 0 Å². The largest absolute Gasteiger partial charge is 0.515 e. The van der Waals surface area contributed by atoms with Gasteiger partial charge in [-0.05, 0) is 57.5 Å². The first kappa shape index (κ1) is 28.8. The minimum Gasteiger partial charge on any atom is -0.515 e. The van der Waals surface area contributed by atoms with Crippen molar-refractivity contribution >= 4 is 0 Å². The normalized spacial score (nSPS) is 13.1. The van der Waals surface area contributed by atoms with Gasteiger partial charge in [0.05, 0.1) is 17.1 Å². The maximum Gasteiger partial charge on any atom is 0.105 e. The molecule has 1 aliphatic carbocycles. The van der Waals surface area contributed by atoms with Gasteiger partial charge in [0.1, 0.15) is 5.41 Å². The second-order valence-corrected chi connectivity index (χ2v) is 11.9. The molecule has 0 radical (unpaired) electrons. The fourth-order valence-corrected chi connectivity index (χ4v) is 6.28. The third kappa shape index (κ3) is 4.73. The Morgan fingerprint density at radius 2 is 1.21 bits per heavy atom. The van der Waals surface area contributed by atoms with Gasteiger partial charge in [0.15, 0.2) is 0 Å². The number of hydrogen-bond donors (Lipinski definition) is 1. The molecule has 4 aromatic carbocycles. The quantitative estimate of drug-likeness (QED) is 0.184. The number of phenolic OH excluding ortho intramolecular Hbond substituents is 1. The van der Waals surface area contributed by atoms with Crippen LogP contribution in [0.4, 0.5) is 0 Å². The van der Waals surface area contributed by atoms with E-state index in [2.05, 4.69) is 118 Å². The Bertz CT molecular complexity index is 1900. The van der Waals surface area contributed by atoms with Crippen LogP contribution >= 0.6 is 0 Å². The third-order valence-corrected chi connectivity index (χ3v) is 8.34. The molecule has 6 aromatic rings. The molecule has 214 valence electrons. The van der Waals surface area contributed by atoms with Crippen LogP contribution in [-0.2, 0) is 31.9 Å². The fraction of sp³-hybridized carbons (Fsp3) is 0.128. The molecule has 0 bridgehead atoms. The van der Waals surface area contributed by atoms with Gasteiger partial charge in [-0.1, -0.05) is 111 Å². The average Bonchev–Trinajstić information content (AvgIpc) is 3.32. The minimum absolute atomic E-state index is 0. The van der Waals surface area contributed by atoms with Gasteiger partial charge in [0, 0.05) is 33.0 Å². The van der Waals surface area contributed by atoms with Crippen LogP contribution in [0.2, 0.25) is 0 Å². The van der Waals surface area contributed by atoms with Crippen LogP contribution in [0, 0.1) is 6.07 Å². The molecule has 0 fully saturated rings. The van der Waals surface area contributed by atoms with Crippen molar-refractivity contribution in [3.8, 4) is 39.3 Å². The number of rotatable bonds is 4. The summed E-state index contributed by atoms with van der Waals surface area (Å²) in [6, 6.07) is 44.9. The van der Waals surface area contributed by atoms with E-state index in [1.807, 2.05) is 30.5 Å². The van der Waals surface area contributed by atoms with Crippen molar-refractivity contribution in [2.45, 2.75) is 31.6 Å². The van der Waals surface area contributed by atoms with E-state index in [0.29, 0.717) is 0 Å². The van der Waals surface area contributed by atoms with E-state index in [-0.39, 0.29) is 32.2 Å². The maximum atomic E-state index is 10.7. The van der Waals surface area contributed by atoms with Crippen molar-refractivity contribution in [3.63, 3.8) is 0 Å². The van der Waals surface area contributed by atoms with E-state index >= 15 is 0 Å². The number of benzene rings is 4. The molecule has 2 heterocycles. The summed E-state index contributed by atoms with van der Waals surface area (Å²) < 4.78 is 0. The molecule has 4 heteroatoms. The summed E-state index contributed by atoms with van der Waals surface area (Å²) in [5.74, 6) is 0.237. The minimum atomic E-state index is -0.674. The number of aromatic nitrogens is 2. The first-order chi connectivity index (χ1) is 20.4. The molecule has 0 amide bonds. The molecule has 3 nitrogen and oxygen atoms in total. The van der Waals surface area contributed by atoms with Crippen LogP contribution in [0.3, 0.4) is 0 Å². The molecule has 0 saturated carbocycles. The zero-order valence-electron chi connectivity index (χ0n) is 24.3. The molecule has 7 rings (SSSR count). The predicted molar refractivity (Wildman–Crippen MR) is 169 cm³/mol. The maximum absolute atomic E-state index is 10.7. The van der Waals surface area contributed by atoms with Gasteiger partial charge in [0.2, 0.25) is 0 Å². The third-order valence-electron chi connectivity index (χ3n) is 8.34. The molecular weight excluding hydrogens is 708 g/mol. The average molecular weight is 739 g/mol. The van der Waals surface area contributed by atoms with Gasteiger partial charge < -0.3 is 5.11 Å². The molecule has 1 N–H and O–H groups in total. The van der Waals surface area contributed by atoms with Crippen LogP contribution in [0.5, 0.6) is 5.75 Å². The van der Waals surface area contributed by atoms with Gasteiger partial charge in [-0.2, -0.15) is 0 Å². The Hall–Kier alpha value is -4.33. The molecule has 43 heavy (non-hydrogen) atoms. The number of hydrogen-bond acceptors (Lipinski definition) is 3. The smallest absolute Gasteiger partial charge is 0.105 e. The van der Waals surface area contributed by atoms with Gasteiger partial charge in [-0.25, -0.2) is 0 Å². The summed E-state index contributed by atoms with van der Waals surface area (Å²) in [5.41, 5.74) is 10.3. The van der Waals surface area contributed by atoms with E-state index in [9.17, 15) is 5.11 Å². The summed E-state index contributed by atoms with van der Waals surface area (Å²) in [4.78, 5) is 10.4. The Labute approximate surface area is 267 Å². The van der Waals surface area contributed by atoms with E-state index in [4.69, 9.17) is 9.97 Å². The molecule has 0 spiro atoms. The van der Waals surface area contributed by atoms with Crippen molar-refractivity contribution in [2.75, 3.05) is 0 Å². The second kappa shape index (κ2) is 11.1. The van der Waals surface area contributed by atoms with E-state index in [1.54, 1.807) is 6.07 Å². The first-order valence-corrected chi connectivity index (χ1v) is 14.3. The summed E-state index contributed by atoms with van der Waals surface area (Å²) in [5, 5.41) is 10.7. The summed E-state index contributed by atoms with van der Waals surface area (Å²) in [6.07, 6.45) is 1.86. The fourth-order valence-electron chi connectivity index (χ4n) is 6.28. The molecule has 2 aromatic heterocycles. The SMILES string of the molecule is CC(C)(C)c1cc(-c2cccc(C3(c4ccccn4)c4ccccc4-c4ccccc43)n2)[c-]c(-c2ccccc2O)c1.[Pt]. The number of fused-ring (bicyclic) bond motifs is 3. The van der Waals surface area contributed by atoms with Crippen molar-refractivity contribution in [3.05, 3.63) is 162 Å². The Balaban J connectivity index is 0.00000329. The number of pyridine rings is 2. The molecular formula is C39H31N2OPt-. The number of para-hydroxylation sites is 1. The Kier molecular flexibility index (Phi) is 7.40. The van der Waals surface area contributed by atoms with Gasteiger partial charge >= 0.3 is 0 Å². The zero-order valence-corrected chi connectivity index (χ0v) is 26.6. The molecule has 0 aliphatic heterocycles. The zero-order chi connectivity index (χ0) is 28.9. The van der Waals surface area contributed by atoms with E-state index in [0.717, 1.165) is 39.3 Å². The molecule has 1 aliphatic rings. The Morgan fingerprint density at radius 3 is 1.84 bits per heavy atom. The standard InChI is InChI=1S/C39H31N2O.Pt/c1-38(2,3)28-24-26(29-13-6-9-19-35(29)42)23-27(25-28)34-18-12-21-37(41-34)39(36-20-10-11-22-40-36)32-16-7-4-14-30(32)31-15-5-8-17-33(31)39;/h4-22,24-25,42H,1-3H3;/q-1;. The van der Waals surface area contributed by atoms with Gasteiger partial charge in [-0.15, -0.1) is 29.3 Å². The van der Waals surface area contributed by atoms with E-state index < -0.39 is 5.41 Å². The van der Waals surface area contributed by atoms with Crippen LogP contribution in [-0.4, -0.2) is 15.1 Å². The van der Waals surface area contributed by atoms with Crippen molar-refractivity contribution < 1.29 is 26.2 Å². The van der Waals surface area contributed by atoms with Gasteiger partial charge in [0.25, 0.3) is 0 Å². The summed E-state index contributed by atoms with van der Waals surface area (Å²) >= 11 is 0. The summed E-state index contributed by atoms with van der Waals surface area (Å²) in [7, 11) is 0. The molecule has 0 atom stereocenters. The molecule has 0 unspecified atom stereocenters. The number of aromatic hydroxyl groups is 1. The topological polar surface area (TPSA) is 46.0 Å². The first-order valence-electron chi connectivity index (χ1n) is 14.3. The van der Waals surface area contributed by atoms with Crippen LogP contribution in [0.25, 0.3) is 33.5 Å². The van der Waals surface area contributed by atoms with Gasteiger partial charge in [-0.3, -0.25) is 9.97 Å². The summed E-state index contributed by atoms with van der Waals surface area (Å²) in [6.45, 7) is 6.60. The number of nitrogens with zero attached hydrogens (tertiary/aromatic N) is 2. The predicted octanol–water partition coefficient (Wildman–Crippen LogP) is 8.97. The molecule has 0 saturated heterocycles.